The van der Waals surface area contributed by atoms with E-state index in [1.807, 2.05) is 36.7 Å². The van der Waals surface area contributed by atoms with Gasteiger partial charge in [-0.05, 0) is 43.9 Å². The second-order valence-corrected chi connectivity index (χ2v) is 6.45. The van der Waals surface area contributed by atoms with Crippen molar-refractivity contribution in [1.29, 1.82) is 0 Å². The number of fused-ring (bicyclic) bond motifs is 1. The molecule has 1 aliphatic carbocycles. The number of hydrogen-bond acceptors (Lipinski definition) is 2. The van der Waals surface area contributed by atoms with Gasteiger partial charge >= 0.3 is 0 Å². The van der Waals surface area contributed by atoms with Crippen LogP contribution in [0.1, 0.15) is 55.2 Å². The van der Waals surface area contributed by atoms with E-state index in [-0.39, 0.29) is 5.91 Å². The van der Waals surface area contributed by atoms with Crippen molar-refractivity contribution in [2.75, 3.05) is 0 Å². The fraction of sp³-hybridized carbons (Fsp3) is 0.556. The molecule has 118 valence electrons. The molecule has 0 bridgehead atoms. The first kappa shape index (κ1) is 15.1. The van der Waals surface area contributed by atoms with Gasteiger partial charge in [-0.3, -0.25) is 4.79 Å². The number of imidazole rings is 1. The molecule has 0 aliphatic heterocycles. The van der Waals surface area contributed by atoms with Crippen molar-refractivity contribution in [3.05, 3.63) is 29.6 Å². The smallest absolute Gasteiger partial charge is 0.251 e. The van der Waals surface area contributed by atoms with Gasteiger partial charge < -0.3 is 9.88 Å². The Hall–Kier alpha value is -1.84. The third kappa shape index (κ3) is 2.74. The molecule has 0 saturated heterocycles. The molecule has 2 atom stereocenters. The molecule has 0 unspecified atom stereocenters. The zero-order valence-electron chi connectivity index (χ0n) is 13.7. The Bertz CT molecular complexity index is 689. The van der Waals surface area contributed by atoms with Gasteiger partial charge in [0.05, 0.1) is 11.0 Å². The van der Waals surface area contributed by atoms with Crippen molar-refractivity contribution in [3.8, 4) is 0 Å². The number of benzene rings is 1. The van der Waals surface area contributed by atoms with Crippen LogP contribution in [-0.4, -0.2) is 21.5 Å². The Morgan fingerprint density at radius 2 is 2.14 bits per heavy atom. The van der Waals surface area contributed by atoms with E-state index >= 15 is 0 Å². The summed E-state index contributed by atoms with van der Waals surface area (Å²) in [4.78, 5) is 17.1. The number of aryl methyl sites for hydroxylation is 2. The van der Waals surface area contributed by atoms with Crippen LogP contribution in [0.3, 0.4) is 0 Å². The van der Waals surface area contributed by atoms with Gasteiger partial charge in [-0.25, -0.2) is 4.98 Å². The molecule has 1 aliphatic rings. The summed E-state index contributed by atoms with van der Waals surface area (Å²) in [6.07, 6.45) is 6.00. The Kier molecular flexibility index (Phi) is 4.19. The molecule has 0 radical (unpaired) electrons. The van der Waals surface area contributed by atoms with E-state index in [1.54, 1.807) is 0 Å². The lowest BCUT2D eigenvalue weighted by Crippen LogP contribution is -2.41. The summed E-state index contributed by atoms with van der Waals surface area (Å²) in [5, 5.41) is 3.25. The zero-order chi connectivity index (χ0) is 15.7. The van der Waals surface area contributed by atoms with Crippen molar-refractivity contribution < 1.29 is 4.79 Å². The minimum Gasteiger partial charge on any atom is -0.349 e. The van der Waals surface area contributed by atoms with E-state index in [0.717, 1.165) is 29.7 Å². The van der Waals surface area contributed by atoms with E-state index < -0.39 is 0 Å². The molecule has 4 nitrogen and oxygen atoms in total. The highest BCUT2D eigenvalue weighted by Crippen LogP contribution is 2.27. The molecule has 4 heteroatoms. The lowest BCUT2D eigenvalue weighted by atomic mass is 9.83. The number of rotatable bonds is 3. The number of aromatic nitrogens is 2. The van der Waals surface area contributed by atoms with Gasteiger partial charge in [-0.15, -0.1) is 0 Å². The summed E-state index contributed by atoms with van der Waals surface area (Å²) in [5.74, 6) is 1.62. The van der Waals surface area contributed by atoms with E-state index in [9.17, 15) is 4.79 Å². The van der Waals surface area contributed by atoms with Crippen LogP contribution in [0.2, 0.25) is 0 Å². The molecule has 2 aromatic rings. The van der Waals surface area contributed by atoms with Crippen LogP contribution in [0.25, 0.3) is 11.0 Å². The minimum atomic E-state index is 0.0376. The number of carbonyl (C=O) groups excluding carboxylic acids is 1. The molecule has 0 spiro atoms. The zero-order valence-corrected chi connectivity index (χ0v) is 13.7. The minimum absolute atomic E-state index is 0.0376. The van der Waals surface area contributed by atoms with Crippen LogP contribution in [0.4, 0.5) is 0 Å². The third-order valence-electron chi connectivity index (χ3n) is 5.12. The quantitative estimate of drug-likeness (QED) is 0.941. The lowest BCUT2D eigenvalue weighted by Gasteiger charge is -2.31. The first-order chi connectivity index (χ1) is 10.6. The Balaban J connectivity index is 1.79. The molecule has 3 rings (SSSR count). The number of nitrogens with one attached hydrogen (secondary N) is 1. The Morgan fingerprint density at radius 1 is 1.36 bits per heavy atom. The summed E-state index contributed by atoms with van der Waals surface area (Å²) >= 11 is 0. The van der Waals surface area contributed by atoms with Crippen molar-refractivity contribution in [2.45, 2.75) is 52.0 Å². The normalized spacial score (nSPS) is 22.0. The molecule has 1 fully saturated rings. The molecule has 1 aromatic heterocycles. The fourth-order valence-electron chi connectivity index (χ4n) is 3.60. The molecular weight excluding hydrogens is 274 g/mol. The van der Waals surface area contributed by atoms with E-state index in [0.29, 0.717) is 17.5 Å². The molecule has 1 heterocycles. The van der Waals surface area contributed by atoms with Gasteiger partial charge in [0, 0.05) is 18.7 Å². The van der Waals surface area contributed by atoms with Gasteiger partial charge in [0.1, 0.15) is 5.82 Å². The fourth-order valence-corrected chi connectivity index (χ4v) is 3.60. The molecule has 1 amide bonds. The van der Waals surface area contributed by atoms with Crippen molar-refractivity contribution in [2.24, 2.45) is 13.0 Å². The maximum atomic E-state index is 12.6. The standard InChI is InChI=1S/C18H25N3O/c1-4-13-7-5-6-8-15(13)20-18(22)14-9-10-17-16(11-14)19-12(2)21(17)3/h9-11,13,15H,4-8H2,1-3H3,(H,20,22)/t13-,15+/m1/s1. The van der Waals surface area contributed by atoms with Crippen molar-refractivity contribution in [3.63, 3.8) is 0 Å². The molecular formula is C18H25N3O. The van der Waals surface area contributed by atoms with Crippen molar-refractivity contribution in [1.82, 2.24) is 14.9 Å². The van der Waals surface area contributed by atoms with Crippen LogP contribution in [-0.2, 0) is 7.05 Å². The van der Waals surface area contributed by atoms with E-state index in [1.165, 1.54) is 19.3 Å². The Morgan fingerprint density at radius 3 is 2.91 bits per heavy atom. The molecule has 1 saturated carbocycles. The summed E-state index contributed by atoms with van der Waals surface area (Å²) in [6.45, 7) is 4.20. The van der Waals surface area contributed by atoms with Gasteiger partial charge in [0.2, 0.25) is 0 Å². The van der Waals surface area contributed by atoms with Gasteiger partial charge in [0.25, 0.3) is 5.91 Å². The maximum absolute atomic E-state index is 12.6. The average molecular weight is 299 g/mol. The first-order valence-electron chi connectivity index (χ1n) is 8.34. The van der Waals surface area contributed by atoms with Crippen LogP contribution in [0, 0.1) is 12.8 Å². The predicted octanol–water partition coefficient (Wildman–Crippen LogP) is 3.58. The van der Waals surface area contributed by atoms with Crippen LogP contribution >= 0.6 is 0 Å². The number of nitrogens with zero attached hydrogens (tertiary/aromatic N) is 2. The monoisotopic (exact) mass is 299 g/mol. The average Bonchev–Trinajstić information content (AvgIpc) is 2.82. The molecule has 1 aromatic carbocycles. The summed E-state index contributed by atoms with van der Waals surface area (Å²) in [6, 6.07) is 6.12. The predicted molar refractivity (Wildman–Crippen MR) is 89.0 cm³/mol. The second-order valence-electron chi connectivity index (χ2n) is 6.45. The van der Waals surface area contributed by atoms with Gasteiger partial charge in [0.15, 0.2) is 0 Å². The SMILES string of the molecule is CC[C@@H]1CCCC[C@@H]1NC(=O)c1ccc2c(c1)nc(C)n2C. The van der Waals surface area contributed by atoms with E-state index in [4.69, 9.17) is 0 Å². The third-order valence-corrected chi connectivity index (χ3v) is 5.12. The van der Waals surface area contributed by atoms with Gasteiger partial charge in [-0.2, -0.15) is 0 Å². The molecule has 1 N–H and O–H groups in total. The number of hydrogen-bond donors (Lipinski definition) is 1. The highest BCUT2D eigenvalue weighted by atomic mass is 16.1. The maximum Gasteiger partial charge on any atom is 0.251 e. The first-order valence-corrected chi connectivity index (χ1v) is 8.34. The molecule has 22 heavy (non-hydrogen) atoms. The van der Waals surface area contributed by atoms with Crippen LogP contribution in [0.15, 0.2) is 18.2 Å². The van der Waals surface area contributed by atoms with Crippen molar-refractivity contribution >= 4 is 16.9 Å². The topological polar surface area (TPSA) is 46.9 Å². The largest absolute Gasteiger partial charge is 0.349 e. The Labute approximate surface area is 131 Å². The second kappa shape index (κ2) is 6.11. The highest BCUT2D eigenvalue weighted by Gasteiger charge is 2.25. The van der Waals surface area contributed by atoms with Crippen LogP contribution < -0.4 is 5.32 Å². The highest BCUT2D eigenvalue weighted by molar-refractivity contribution is 5.97. The summed E-state index contributed by atoms with van der Waals surface area (Å²) < 4.78 is 2.05. The number of carbonyl (C=O) groups is 1. The van der Waals surface area contributed by atoms with E-state index in [2.05, 4.69) is 17.2 Å². The summed E-state index contributed by atoms with van der Waals surface area (Å²) in [7, 11) is 2.00. The number of amides is 1. The summed E-state index contributed by atoms with van der Waals surface area (Å²) in [5.41, 5.74) is 2.67. The van der Waals surface area contributed by atoms with Crippen LogP contribution in [0.5, 0.6) is 0 Å². The van der Waals surface area contributed by atoms with Gasteiger partial charge in [-0.1, -0.05) is 26.2 Å². The lowest BCUT2D eigenvalue weighted by molar-refractivity contribution is 0.0905.